The fourth-order valence-electron chi connectivity index (χ4n) is 0.786. The molecule has 0 heterocycles. The van der Waals surface area contributed by atoms with Crippen LogP contribution >= 0.6 is 0 Å². The number of carbonyl (C=O) groups excluding carboxylic acids is 2. The van der Waals surface area contributed by atoms with Gasteiger partial charge in [0.05, 0.1) is 5.97 Å². The van der Waals surface area contributed by atoms with Crippen LogP contribution in [0.3, 0.4) is 0 Å². The summed E-state index contributed by atoms with van der Waals surface area (Å²) in [5, 5.41) is 20.9. The summed E-state index contributed by atoms with van der Waals surface area (Å²) in [4.78, 5) is 19.6. The molecule has 6 heteroatoms. The van der Waals surface area contributed by atoms with Gasteiger partial charge >= 0.3 is 47.8 Å². The van der Waals surface area contributed by atoms with Crippen molar-refractivity contribution in [3.8, 4) is 0 Å². The van der Waals surface area contributed by atoms with Crippen LogP contribution in [0.2, 0.25) is 5.28 Å². The smallest absolute Gasteiger partial charge is 0.0582 e. The number of carboxylic acid groups (broad SMARTS) is 2. The molecular formula is C10H18AlNO4. The zero-order valence-corrected chi connectivity index (χ0v) is 10.8. The minimum atomic E-state index is -1.44. The second-order valence-electron chi connectivity index (χ2n) is 3.33. The molecule has 0 spiro atoms. The Kier molecular flexibility index (Phi) is 13.9. The topological polar surface area (TPSA) is 106 Å². The van der Waals surface area contributed by atoms with Gasteiger partial charge < -0.3 is 25.5 Å². The van der Waals surface area contributed by atoms with Crippen molar-refractivity contribution >= 4 is 28.2 Å². The van der Waals surface area contributed by atoms with Crippen LogP contribution in [0.5, 0.6) is 0 Å². The van der Waals surface area contributed by atoms with Gasteiger partial charge in [0.1, 0.15) is 0 Å². The Morgan fingerprint density at radius 1 is 1.31 bits per heavy atom. The molecular weight excluding hydrogens is 225 g/mol. The molecule has 0 aromatic heterocycles. The number of carbonyl (C=O) groups is 2. The minimum absolute atomic E-state index is 0.148. The number of nitrogens with two attached hydrogens (primary N) is 1. The van der Waals surface area contributed by atoms with E-state index in [0.29, 0.717) is 0 Å². The van der Waals surface area contributed by atoms with E-state index in [1.165, 1.54) is 24.5 Å². The number of unbranched alkanes of at least 4 members (excludes halogenated alkanes) is 2. The average Bonchev–Trinajstić information content (AvgIpc) is 2.23. The van der Waals surface area contributed by atoms with Crippen molar-refractivity contribution in [3.63, 3.8) is 0 Å². The third-order valence-corrected chi connectivity index (χ3v) is 2.18. The van der Waals surface area contributed by atoms with Crippen molar-refractivity contribution in [1.82, 2.24) is 0 Å². The molecule has 0 amide bonds. The van der Waals surface area contributed by atoms with Gasteiger partial charge in [-0.1, -0.05) is 0 Å². The van der Waals surface area contributed by atoms with E-state index in [1.807, 2.05) is 0 Å². The number of hydrogen-bond donors (Lipinski definition) is 1. The van der Waals surface area contributed by atoms with Crippen LogP contribution in [-0.2, 0) is 9.59 Å². The molecule has 16 heavy (non-hydrogen) atoms. The van der Waals surface area contributed by atoms with E-state index >= 15 is 0 Å². The minimum Gasteiger partial charge on any atom is -0.550 e. The van der Waals surface area contributed by atoms with E-state index in [4.69, 9.17) is 5.73 Å². The number of hydrogen-bond acceptors (Lipinski definition) is 5. The maximum atomic E-state index is 9.86. The third kappa shape index (κ3) is 15.9. The molecule has 0 radical (unpaired) electrons. The van der Waals surface area contributed by atoms with Gasteiger partial charge in [0.2, 0.25) is 0 Å². The molecule has 0 fully saturated rings. The molecule has 0 aromatic rings. The van der Waals surface area contributed by atoms with Crippen LogP contribution in [0.15, 0.2) is 0 Å². The van der Waals surface area contributed by atoms with Crippen LogP contribution in [0.4, 0.5) is 0 Å². The SMILES string of the molecule is CCCC[CH2][Al+2].N[C@@H](CCC(=O)[O-])C(=O)[O-]. The fourth-order valence-corrected chi connectivity index (χ4v) is 1.07. The molecule has 0 rings (SSSR count). The molecule has 0 aliphatic rings. The maximum absolute atomic E-state index is 9.86. The van der Waals surface area contributed by atoms with Crippen molar-refractivity contribution in [2.45, 2.75) is 50.4 Å². The van der Waals surface area contributed by atoms with E-state index in [-0.39, 0.29) is 12.8 Å². The molecule has 0 unspecified atom stereocenters. The Morgan fingerprint density at radius 3 is 2.12 bits per heavy atom. The van der Waals surface area contributed by atoms with Gasteiger partial charge in [-0.25, -0.2) is 0 Å². The molecule has 0 aliphatic heterocycles. The molecule has 5 nitrogen and oxygen atoms in total. The van der Waals surface area contributed by atoms with E-state index < -0.39 is 18.0 Å². The predicted molar refractivity (Wildman–Crippen MR) is 57.3 cm³/mol. The Balaban J connectivity index is 0. The van der Waals surface area contributed by atoms with Crippen LogP contribution in [0.1, 0.15) is 39.0 Å². The first-order chi connectivity index (χ1) is 7.45. The summed E-state index contributed by atoms with van der Waals surface area (Å²) in [5.74, 6) is -2.75. The quantitative estimate of drug-likeness (QED) is 0.426. The van der Waals surface area contributed by atoms with Crippen molar-refractivity contribution in [1.29, 1.82) is 0 Å². The van der Waals surface area contributed by atoms with Crippen LogP contribution in [0, 0.1) is 0 Å². The largest absolute Gasteiger partial charge is 0.550 e. The second-order valence-corrected chi connectivity index (χ2v) is 3.91. The maximum Gasteiger partial charge on any atom is 0.0582 e. The van der Waals surface area contributed by atoms with E-state index in [9.17, 15) is 19.8 Å². The average molecular weight is 243 g/mol. The Hall–Kier alpha value is -0.568. The molecule has 0 saturated heterocycles. The summed E-state index contributed by atoms with van der Waals surface area (Å²) < 4.78 is 0. The number of rotatable bonds is 7. The first kappa shape index (κ1) is 17.8. The van der Waals surface area contributed by atoms with Crippen molar-refractivity contribution in [2.75, 3.05) is 0 Å². The van der Waals surface area contributed by atoms with Gasteiger partial charge in [-0.15, -0.1) is 0 Å². The zero-order chi connectivity index (χ0) is 13.0. The second kappa shape index (κ2) is 12.5. The molecule has 0 bridgehead atoms. The van der Waals surface area contributed by atoms with Crippen LogP contribution in [0.25, 0.3) is 0 Å². The van der Waals surface area contributed by atoms with Crippen molar-refractivity contribution in [2.24, 2.45) is 5.73 Å². The van der Waals surface area contributed by atoms with Crippen molar-refractivity contribution < 1.29 is 19.8 Å². The zero-order valence-electron chi connectivity index (χ0n) is 9.61. The fraction of sp³-hybridized carbons (Fsp3) is 0.800. The molecule has 0 aliphatic carbocycles. The molecule has 2 N–H and O–H groups in total. The Labute approximate surface area is 104 Å². The van der Waals surface area contributed by atoms with E-state index in [0.717, 1.165) is 0 Å². The summed E-state index contributed by atoms with van der Waals surface area (Å²) in [6.45, 7) is 2.22. The van der Waals surface area contributed by atoms with E-state index in [2.05, 4.69) is 23.2 Å². The first-order valence-corrected chi connectivity index (χ1v) is 6.13. The summed E-state index contributed by atoms with van der Waals surface area (Å²) in [6.07, 6.45) is 3.61. The molecule has 1 atom stereocenters. The third-order valence-electron chi connectivity index (χ3n) is 1.77. The number of carboxylic acids is 2. The standard InChI is InChI=1S/C5H9NO4.C5H11.Al/c6-3(5(9)10)1-2-4(7)8;1-3-5-4-2;/h3H,1-2,6H2,(H,7,8)(H,9,10);1,3-5H2,2H3;/q;;+2/p-2/t3-;;/m0../s1. The summed E-state index contributed by atoms with van der Waals surface area (Å²) in [6, 6.07) is -1.21. The first-order valence-electron chi connectivity index (χ1n) is 5.32. The van der Waals surface area contributed by atoms with Gasteiger partial charge in [0.25, 0.3) is 0 Å². The van der Waals surface area contributed by atoms with Gasteiger partial charge in [0.15, 0.2) is 0 Å². The summed E-state index contributed by atoms with van der Waals surface area (Å²) in [7, 11) is 0. The summed E-state index contributed by atoms with van der Waals surface area (Å²) in [5.41, 5.74) is 4.91. The predicted octanol–water partition coefficient (Wildman–Crippen LogP) is -1.64. The van der Waals surface area contributed by atoms with E-state index in [1.54, 1.807) is 0 Å². The molecule has 90 valence electrons. The van der Waals surface area contributed by atoms with Gasteiger partial charge in [0, 0.05) is 12.0 Å². The van der Waals surface area contributed by atoms with Crippen LogP contribution in [-0.4, -0.2) is 34.3 Å². The normalized spacial score (nSPS) is 11.2. The summed E-state index contributed by atoms with van der Waals surface area (Å²) >= 11 is 2.73. The Bertz CT molecular complexity index is 195. The van der Waals surface area contributed by atoms with Crippen molar-refractivity contribution in [3.05, 3.63) is 0 Å². The molecule has 0 saturated carbocycles. The Morgan fingerprint density at radius 2 is 1.88 bits per heavy atom. The van der Waals surface area contributed by atoms with Crippen LogP contribution < -0.4 is 15.9 Å². The van der Waals surface area contributed by atoms with Gasteiger partial charge in [-0.05, 0) is 12.8 Å². The molecule has 0 aromatic carbocycles. The monoisotopic (exact) mass is 243 g/mol. The van der Waals surface area contributed by atoms with Gasteiger partial charge in [-0.3, -0.25) is 0 Å². The number of aliphatic carboxylic acids is 2. The van der Waals surface area contributed by atoms with Gasteiger partial charge in [-0.2, -0.15) is 0 Å².